The molecule has 1 nitrogen and oxygen atoms in total. The van der Waals surface area contributed by atoms with Gasteiger partial charge in [0.25, 0.3) is 0 Å². The average molecular weight is 200 g/mol. The summed E-state index contributed by atoms with van der Waals surface area (Å²) in [5, 5.41) is 0. The van der Waals surface area contributed by atoms with Crippen molar-refractivity contribution in [2.24, 2.45) is 0 Å². The van der Waals surface area contributed by atoms with Crippen LogP contribution >= 0.6 is 0 Å². The third-order valence-electron chi connectivity index (χ3n) is 2.44. The highest BCUT2D eigenvalue weighted by Crippen LogP contribution is 2.19. The molecule has 0 saturated heterocycles. The maximum absolute atomic E-state index is 2.17. The van der Waals surface area contributed by atoms with E-state index in [1.54, 1.807) is 0 Å². The van der Waals surface area contributed by atoms with Crippen molar-refractivity contribution in [3.8, 4) is 11.1 Å². The Morgan fingerprint density at radius 1 is 0.533 bits per heavy atom. The monoisotopic (exact) mass is 200 g/mol. The molecule has 0 fully saturated rings. The third kappa shape index (κ3) is 2.67. The van der Waals surface area contributed by atoms with Crippen LogP contribution in [0.4, 0.5) is 0 Å². The molecule has 0 bridgehead atoms. The second-order valence-corrected chi connectivity index (χ2v) is 3.73. The molecular weight excluding hydrogens is 184 g/mol. The van der Waals surface area contributed by atoms with E-state index in [4.69, 9.17) is 0 Å². The second kappa shape index (κ2) is 4.76. The zero-order valence-corrected chi connectivity index (χ0v) is 9.12. The minimum atomic E-state index is 0. The molecule has 0 saturated carbocycles. The van der Waals surface area contributed by atoms with Crippen molar-refractivity contribution in [1.29, 1.82) is 0 Å². The minimum absolute atomic E-state index is 0. The fraction of sp³-hybridized carbons (Fsp3) is 0.143. The van der Waals surface area contributed by atoms with Crippen LogP contribution in [-0.2, 0) is 0 Å². The van der Waals surface area contributed by atoms with Crippen molar-refractivity contribution < 1.29 is 5.48 Å². The summed E-state index contributed by atoms with van der Waals surface area (Å²) in [5.41, 5.74) is 5.19. The number of hydrogen-bond donors (Lipinski definition) is 0. The first-order chi connectivity index (χ1) is 6.75. The van der Waals surface area contributed by atoms with Gasteiger partial charge in [-0.05, 0) is 25.0 Å². The molecule has 78 valence electrons. The maximum Gasteiger partial charge on any atom is -0.0184 e. The maximum atomic E-state index is 2.17. The average Bonchev–Trinajstić information content (AvgIpc) is 2.21. The van der Waals surface area contributed by atoms with Crippen LogP contribution in [0.15, 0.2) is 48.5 Å². The fourth-order valence-electron chi connectivity index (χ4n) is 1.49. The number of hydrogen-bond acceptors (Lipinski definition) is 0. The lowest BCUT2D eigenvalue weighted by Crippen LogP contribution is -1.78. The summed E-state index contributed by atoms with van der Waals surface area (Å²) in [4.78, 5) is 0. The van der Waals surface area contributed by atoms with E-state index in [-0.39, 0.29) is 5.48 Å². The van der Waals surface area contributed by atoms with Crippen LogP contribution in [-0.4, -0.2) is 5.48 Å². The Hall–Kier alpha value is -1.60. The summed E-state index contributed by atoms with van der Waals surface area (Å²) >= 11 is 0. The Bertz CT molecular complexity index is 369. The minimum Gasteiger partial charge on any atom is -0.412 e. The predicted octanol–water partition coefficient (Wildman–Crippen LogP) is 3.15. The molecule has 0 heterocycles. The lowest BCUT2D eigenvalue weighted by molar-refractivity contribution is 0.824. The molecule has 0 atom stereocenters. The standard InChI is InChI=1S/C14H14.H2O/c1-11-3-7-13(8-4-11)14-9-5-12(2)6-10-14;/h3-10H,1-2H3;1H2. The van der Waals surface area contributed by atoms with Crippen LogP contribution in [0.5, 0.6) is 0 Å². The van der Waals surface area contributed by atoms with Crippen LogP contribution in [0.25, 0.3) is 11.1 Å². The quantitative estimate of drug-likeness (QED) is 0.677. The lowest BCUT2D eigenvalue weighted by Gasteiger charge is -2.02. The first-order valence-electron chi connectivity index (χ1n) is 4.89. The highest BCUT2D eigenvalue weighted by molar-refractivity contribution is 5.63. The molecule has 15 heavy (non-hydrogen) atoms. The van der Waals surface area contributed by atoms with E-state index >= 15 is 0 Å². The van der Waals surface area contributed by atoms with Crippen molar-refractivity contribution in [3.63, 3.8) is 0 Å². The molecule has 0 aliphatic carbocycles. The molecule has 2 rings (SSSR count). The topological polar surface area (TPSA) is 31.5 Å². The predicted molar refractivity (Wildman–Crippen MR) is 65.0 cm³/mol. The molecule has 0 unspecified atom stereocenters. The van der Waals surface area contributed by atoms with Gasteiger partial charge in [0.05, 0.1) is 0 Å². The van der Waals surface area contributed by atoms with Crippen LogP contribution in [0.1, 0.15) is 11.1 Å². The normalized spacial score (nSPS) is 9.47. The van der Waals surface area contributed by atoms with Crippen molar-refractivity contribution >= 4 is 0 Å². The van der Waals surface area contributed by atoms with Gasteiger partial charge in [0, 0.05) is 0 Å². The van der Waals surface area contributed by atoms with Gasteiger partial charge in [0.1, 0.15) is 0 Å². The van der Waals surface area contributed by atoms with E-state index in [1.807, 2.05) is 0 Å². The Morgan fingerprint density at radius 2 is 0.800 bits per heavy atom. The Balaban J connectivity index is 0.00000112. The van der Waals surface area contributed by atoms with Crippen LogP contribution in [0, 0.1) is 13.8 Å². The first-order valence-corrected chi connectivity index (χ1v) is 4.89. The summed E-state index contributed by atoms with van der Waals surface area (Å²) in [6, 6.07) is 17.3. The van der Waals surface area contributed by atoms with E-state index in [0.717, 1.165) is 0 Å². The van der Waals surface area contributed by atoms with E-state index < -0.39 is 0 Å². The van der Waals surface area contributed by atoms with E-state index in [1.165, 1.54) is 22.3 Å². The summed E-state index contributed by atoms with van der Waals surface area (Å²) < 4.78 is 0. The first kappa shape index (κ1) is 11.5. The summed E-state index contributed by atoms with van der Waals surface area (Å²) in [7, 11) is 0. The zero-order valence-electron chi connectivity index (χ0n) is 9.12. The van der Waals surface area contributed by atoms with E-state index in [0.29, 0.717) is 0 Å². The highest BCUT2D eigenvalue weighted by atomic mass is 16.0. The van der Waals surface area contributed by atoms with Gasteiger partial charge >= 0.3 is 0 Å². The van der Waals surface area contributed by atoms with Crippen molar-refractivity contribution in [2.45, 2.75) is 13.8 Å². The van der Waals surface area contributed by atoms with Gasteiger partial charge in [0.2, 0.25) is 0 Å². The molecule has 0 aliphatic rings. The Kier molecular flexibility index (Phi) is 3.64. The van der Waals surface area contributed by atoms with Crippen LogP contribution < -0.4 is 0 Å². The molecule has 2 N–H and O–H groups in total. The SMILES string of the molecule is Cc1ccc(-c2ccc(C)cc2)cc1.O. The summed E-state index contributed by atoms with van der Waals surface area (Å²) in [6.45, 7) is 4.22. The molecular formula is C14H16O. The van der Waals surface area contributed by atoms with Crippen molar-refractivity contribution in [3.05, 3.63) is 59.7 Å². The summed E-state index contributed by atoms with van der Waals surface area (Å²) in [5.74, 6) is 0. The molecule has 0 radical (unpaired) electrons. The molecule has 2 aromatic carbocycles. The van der Waals surface area contributed by atoms with Gasteiger partial charge in [-0.2, -0.15) is 0 Å². The Morgan fingerprint density at radius 3 is 1.07 bits per heavy atom. The van der Waals surface area contributed by atoms with E-state index in [9.17, 15) is 0 Å². The molecule has 2 aromatic rings. The van der Waals surface area contributed by atoms with Crippen LogP contribution in [0.2, 0.25) is 0 Å². The summed E-state index contributed by atoms with van der Waals surface area (Å²) in [6.07, 6.45) is 0. The van der Waals surface area contributed by atoms with Gasteiger partial charge in [-0.1, -0.05) is 59.7 Å². The van der Waals surface area contributed by atoms with E-state index in [2.05, 4.69) is 62.4 Å². The molecule has 1 heteroatoms. The van der Waals surface area contributed by atoms with Gasteiger partial charge in [-0.3, -0.25) is 0 Å². The van der Waals surface area contributed by atoms with Gasteiger partial charge in [-0.25, -0.2) is 0 Å². The molecule has 0 aromatic heterocycles. The van der Waals surface area contributed by atoms with Gasteiger partial charge < -0.3 is 5.48 Å². The third-order valence-corrected chi connectivity index (χ3v) is 2.44. The van der Waals surface area contributed by atoms with Crippen LogP contribution in [0.3, 0.4) is 0 Å². The van der Waals surface area contributed by atoms with Gasteiger partial charge in [-0.15, -0.1) is 0 Å². The smallest absolute Gasteiger partial charge is 0.0184 e. The fourth-order valence-corrected chi connectivity index (χ4v) is 1.49. The molecule has 0 spiro atoms. The number of rotatable bonds is 1. The molecule has 0 aliphatic heterocycles. The second-order valence-electron chi connectivity index (χ2n) is 3.73. The lowest BCUT2D eigenvalue weighted by atomic mass is 10.0. The highest BCUT2D eigenvalue weighted by Gasteiger charge is 1.95. The molecule has 0 amide bonds. The number of aryl methyl sites for hydroxylation is 2. The largest absolute Gasteiger partial charge is 0.412 e. The Labute approximate surface area is 90.7 Å². The van der Waals surface area contributed by atoms with Crippen molar-refractivity contribution in [1.82, 2.24) is 0 Å². The van der Waals surface area contributed by atoms with Gasteiger partial charge in [0.15, 0.2) is 0 Å². The zero-order chi connectivity index (χ0) is 9.97. The van der Waals surface area contributed by atoms with Crippen molar-refractivity contribution in [2.75, 3.05) is 0 Å². The number of benzene rings is 2.